The number of carbonyl (C=O) groups is 1. The van der Waals surface area contributed by atoms with Crippen LogP contribution in [0.4, 0.5) is 0 Å². The van der Waals surface area contributed by atoms with Crippen molar-refractivity contribution in [2.75, 3.05) is 5.75 Å². The number of nitrogens with zero attached hydrogens (tertiary/aromatic N) is 4. The molecule has 1 amide bonds. The van der Waals surface area contributed by atoms with Crippen LogP contribution >= 0.6 is 11.8 Å². The van der Waals surface area contributed by atoms with Gasteiger partial charge in [0.15, 0.2) is 0 Å². The van der Waals surface area contributed by atoms with Crippen LogP contribution in [0.25, 0.3) is 0 Å². The second kappa shape index (κ2) is 7.33. The number of hydrogen-bond donors (Lipinski definition) is 0. The van der Waals surface area contributed by atoms with Gasteiger partial charge in [0.1, 0.15) is 11.1 Å². The summed E-state index contributed by atoms with van der Waals surface area (Å²) >= 11 is 1.61. The van der Waals surface area contributed by atoms with Crippen molar-refractivity contribution in [3.63, 3.8) is 0 Å². The van der Waals surface area contributed by atoms with Crippen LogP contribution in [0.3, 0.4) is 0 Å². The molecule has 2 aromatic carbocycles. The number of amides is 1. The highest BCUT2D eigenvalue weighted by molar-refractivity contribution is 8.00. The highest BCUT2D eigenvalue weighted by atomic mass is 32.2. The van der Waals surface area contributed by atoms with E-state index in [0.29, 0.717) is 18.8 Å². The fourth-order valence-corrected chi connectivity index (χ4v) is 4.27. The van der Waals surface area contributed by atoms with Crippen LogP contribution in [-0.2, 0) is 17.9 Å². The molecule has 0 bridgehead atoms. The molecule has 0 spiro atoms. The van der Waals surface area contributed by atoms with Gasteiger partial charge in [0.25, 0.3) is 0 Å². The van der Waals surface area contributed by atoms with Gasteiger partial charge in [0, 0.05) is 6.54 Å². The summed E-state index contributed by atoms with van der Waals surface area (Å²) in [5.74, 6) is 0.638. The van der Waals surface area contributed by atoms with Crippen LogP contribution < -0.4 is 0 Å². The van der Waals surface area contributed by atoms with Crippen molar-refractivity contribution >= 4 is 17.7 Å². The molecule has 1 atom stereocenters. The van der Waals surface area contributed by atoms with E-state index in [1.165, 1.54) is 11.1 Å². The van der Waals surface area contributed by atoms with E-state index in [1.54, 1.807) is 11.8 Å². The quantitative estimate of drug-likeness (QED) is 0.696. The molecule has 26 heavy (non-hydrogen) atoms. The average molecular weight is 364 g/mol. The van der Waals surface area contributed by atoms with Gasteiger partial charge in [-0.3, -0.25) is 4.79 Å². The Balaban J connectivity index is 1.51. The van der Waals surface area contributed by atoms with E-state index in [-0.39, 0.29) is 11.3 Å². The Morgan fingerprint density at radius 2 is 1.88 bits per heavy atom. The maximum Gasteiger partial charge on any atom is 0.234 e. The summed E-state index contributed by atoms with van der Waals surface area (Å²) in [6.45, 7) is 3.36. The molecular formula is C20H20N4OS. The van der Waals surface area contributed by atoms with Crippen molar-refractivity contribution in [2.24, 2.45) is 0 Å². The molecule has 0 unspecified atom stereocenters. The van der Waals surface area contributed by atoms with Gasteiger partial charge in [0.2, 0.25) is 5.91 Å². The summed E-state index contributed by atoms with van der Waals surface area (Å²) in [5, 5.41) is 8.53. The first kappa shape index (κ1) is 16.8. The summed E-state index contributed by atoms with van der Waals surface area (Å²) in [6.07, 6.45) is 1.95. The number of aryl methyl sites for hydroxylation is 1. The summed E-state index contributed by atoms with van der Waals surface area (Å²) in [4.78, 5) is 14.2. The first-order valence-corrected chi connectivity index (χ1v) is 9.64. The second-order valence-corrected chi connectivity index (χ2v) is 7.57. The molecule has 2 heterocycles. The zero-order valence-electron chi connectivity index (χ0n) is 14.6. The van der Waals surface area contributed by atoms with Crippen molar-refractivity contribution < 1.29 is 4.79 Å². The molecular weight excluding hydrogens is 344 g/mol. The molecule has 0 N–H and O–H groups in total. The van der Waals surface area contributed by atoms with Gasteiger partial charge in [-0.05, 0) is 18.1 Å². The minimum Gasteiger partial charge on any atom is -0.320 e. The molecule has 5 nitrogen and oxygen atoms in total. The van der Waals surface area contributed by atoms with Crippen LogP contribution in [0.15, 0.2) is 60.8 Å². The summed E-state index contributed by atoms with van der Waals surface area (Å²) in [6, 6.07) is 18.4. The van der Waals surface area contributed by atoms with Crippen molar-refractivity contribution in [2.45, 2.75) is 25.4 Å². The first-order chi connectivity index (χ1) is 12.7. The normalized spacial score (nSPS) is 17.0. The molecule has 132 valence electrons. The molecule has 1 aliphatic heterocycles. The van der Waals surface area contributed by atoms with E-state index in [9.17, 15) is 4.79 Å². The minimum atomic E-state index is -0.0750. The van der Waals surface area contributed by atoms with Gasteiger partial charge in [-0.15, -0.1) is 16.9 Å². The molecule has 0 saturated carbocycles. The number of carbonyl (C=O) groups excluding carboxylic acids is 1. The van der Waals surface area contributed by atoms with Gasteiger partial charge in [-0.2, -0.15) is 0 Å². The monoisotopic (exact) mass is 364 g/mol. The third-order valence-electron chi connectivity index (χ3n) is 4.40. The van der Waals surface area contributed by atoms with E-state index >= 15 is 0 Å². The largest absolute Gasteiger partial charge is 0.320 e. The lowest BCUT2D eigenvalue weighted by Crippen LogP contribution is -2.27. The Hall–Kier alpha value is -2.60. The first-order valence-electron chi connectivity index (χ1n) is 8.59. The van der Waals surface area contributed by atoms with Crippen LogP contribution in [0.5, 0.6) is 0 Å². The predicted molar refractivity (Wildman–Crippen MR) is 102 cm³/mol. The van der Waals surface area contributed by atoms with E-state index in [2.05, 4.69) is 41.5 Å². The lowest BCUT2D eigenvalue weighted by atomic mass is 10.1. The van der Waals surface area contributed by atoms with Gasteiger partial charge >= 0.3 is 0 Å². The molecule has 1 aromatic heterocycles. The Kier molecular flexibility index (Phi) is 4.75. The van der Waals surface area contributed by atoms with E-state index in [1.807, 2.05) is 46.1 Å². The lowest BCUT2D eigenvalue weighted by molar-refractivity contribution is -0.128. The fraction of sp³-hybridized carbons (Fsp3) is 0.250. The Morgan fingerprint density at radius 3 is 2.69 bits per heavy atom. The van der Waals surface area contributed by atoms with E-state index in [0.717, 1.165) is 11.3 Å². The Morgan fingerprint density at radius 1 is 1.08 bits per heavy atom. The molecule has 4 rings (SSSR count). The number of rotatable bonds is 5. The highest BCUT2D eigenvalue weighted by Gasteiger charge is 2.34. The summed E-state index contributed by atoms with van der Waals surface area (Å²) in [7, 11) is 0. The van der Waals surface area contributed by atoms with Crippen LogP contribution in [-0.4, -0.2) is 31.6 Å². The third kappa shape index (κ3) is 3.65. The number of thioether (sulfide) groups is 1. The standard InChI is InChI=1S/C20H20N4OS/c1-15-6-5-9-17(10-15)11-23-13-18(21-22-23)20-24(19(25)14-26-20)12-16-7-3-2-4-8-16/h2-10,13,20H,11-12,14H2,1H3/t20-/m0/s1. The Labute approximate surface area is 157 Å². The van der Waals surface area contributed by atoms with Crippen LogP contribution in [0.2, 0.25) is 0 Å². The van der Waals surface area contributed by atoms with Gasteiger partial charge in [-0.25, -0.2) is 4.68 Å². The Bertz CT molecular complexity index is 909. The van der Waals surface area contributed by atoms with E-state index < -0.39 is 0 Å². The SMILES string of the molecule is Cc1cccc(Cn2cc([C@@H]3SCC(=O)N3Cc3ccccc3)nn2)c1. The lowest BCUT2D eigenvalue weighted by Gasteiger charge is -2.22. The molecule has 6 heteroatoms. The fourth-order valence-electron chi connectivity index (χ4n) is 3.15. The molecule has 3 aromatic rings. The molecule has 0 aliphatic carbocycles. The van der Waals surface area contributed by atoms with Gasteiger partial charge < -0.3 is 4.90 Å². The smallest absolute Gasteiger partial charge is 0.234 e. The number of benzene rings is 2. The maximum absolute atomic E-state index is 12.3. The van der Waals surface area contributed by atoms with Crippen molar-refractivity contribution in [3.8, 4) is 0 Å². The molecule has 1 aliphatic rings. The zero-order chi connectivity index (χ0) is 17.9. The predicted octanol–water partition coefficient (Wildman–Crippen LogP) is 3.41. The van der Waals surface area contributed by atoms with Gasteiger partial charge in [0.05, 0.1) is 18.5 Å². The van der Waals surface area contributed by atoms with Crippen molar-refractivity contribution in [3.05, 3.63) is 83.2 Å². The zero-order valence-corrected chi connectivity index (χ0v) is 15.4. The van der Waals surface area contributed by atoms with Crippen molar-refractivity contribution in [1.82, 2.24) is 19.9 Å². The minimum absolute atomic E-state index is 0.0750. The second-order valence-electron chi connectivity index (χ2n) is 6.50. The van der Waals surface area contributed by atoms with Gasteiger partial charge in [-0.1, -0.05) is 65.4 Å². The third-order valence-corrected chi connectivity index (χ3v) is 5.63. The number of hydrogen-bond acceptors (Lipinski definition) is 4. The van der Waals surface area contributed by atoms with Crippen LogP contribution in [0, 0.1) is 6.92 Å². The van der Waals surface area contributed by atoms with E-state index in [4.69, 9.17) is 0 Å². The topological polar surface area (TPSA) is 51.0 Å². The number of aromatic nitrogens is 3. The average Bonchev–Trinajstić information content (AvgIpc) is 3.23. The highest BCUT2D eigenvalue weighted by Crippen LogP contribution is 2.38. The maximum atomic E-state index is 12.3. The summed E-state index contributed by atoms with van der Waals surface area (Å²) in [5.41, 5.74) is 4.39. The molecule has 1 saturated heterocycles. The van der Waals surface area contributed by atoms with Crippen molar-refractivity contribution in [1.29, 1.82) is 0 Å². The summed E-state index contributed by atoms with van der Waals surface area (Å²) < 4.78 is 1.84. The molecule has 1 fully saturated rings. The molecule has 0 radical (unpaired) electrons. The van der Waals surface area contributed by atoms with Crippen LogP contribution in [0.1, 0.15) is 27.8 Å².